The molecule has 5 nitrogen and oxygen atoms in total. The molecule has 0 atom stereocenters. The summed E-state index contributed by atoms with van der Waals surface area (Å²) in [6.07, 6.45) is 4.38. The van der Waals surface area contributed by atoms with Gasteiger partial charge in [0.2, 0.25) is 6.79 Å². The van der Waals surface area contributed by atoms with E-state index < -0.39 is 0 Å². The van der Waals surface area contributed by atoms with E-state index in [1.807, 2.05) is 6.07 Å². The largest absolute Gasteiger partial charge is 0.454 e. The molecule has 0 N–H and O–H groups in total. The van der Waals surface area contributed by atoms with E-state index in [9.17, 15) is 0 Å². The van der Waals surface area contributed by atoms with E-state index in [1.165, 1.54) is 11.1 Å². The summed E-state index contributed by atoms with van der Waals surface area (Å²) in [6, 6.07) is 4.12. The number of unbranched alkanes of at least 4 members (excludes halogenated alkanes) is 1. The summed E-state index contributed by atoms with van der Waals surface area (Å²) in [6.45, 7) is 8.47. The predicted octanol–water partition coefficient (Wildman–Crippen LogP) is 3.71. The SMILES string of the molecule is CCCCOCCOCCOCc1cc2c(cc1CCC)OCO2.[Mn].[Zr]. The molecule has 2 rings (SSSR count). The minimum atomic E-state index is 0. The standard InChI is InChI=1S/C19H30O5.Mn.Zr/c1-3-5-7-20-8-9-21-10-11-22-14-17-13-19-18(23-15-24-19)12-16(17)6-4-2;;/h12-13H,3-11,14-15H2,1-2H3;;. The van der Waals surface area contributed by atoms with Crippen LogP contribution in [0.15, 0.2) is 12.1 Å². The Hall–Kier alpha value is 0.103. The maximum atomic E-state index is 5.75. The maximum Gasteiger partial charge on any atom is 0.231 e. The third-order valence-electron chi connectivity index (χ3n) is 3.86. The van der Waals surface area contributed by atoms with Gasteiger partial charge in [-0.05, 0) is 36.1 Å². The smallest absolute Gasteiger partial charge is 0.231 e. The number of aryl methyl sites for hydroxylation is 1. The van der Waals surface area contributed by atoms with Crippen molar-refractivity contribution in [2.45, 2.75) is 46.1 Å². The van der Waals surface area contributed by atoms with Gasteiger partial charge >= 0.3 is 0 Å². The van der Waals surface area contributed by atoms with Gasteiger partial charge in [0.15, 0.2) is 11.5 Å². The van der Waals surface area contributed by atoms with Crippen LogP contribution in [0.5, 0.6) is 11.5 Å². The first-order chi connectivity index (χ1) is 11.8. The zero-order valence-corrected chi connectivity index (χ0v) is 19.5. The maximum absolute atomic E-state index is 5.75. The van der Waals surface area contributed by atoms with Gasteiger partial charge in [-0.1, -0.05) is 26.7 Å². The van der Waals surface area contributed by atoms with Crippen LogP contribution in [0.3, 0.4) is 0 Å². The molecule has 0 fully saturated rings. The van der Waals surface area contributed by atoms with Gasteiger partial charge in [-0.3, -0.25) is 0 Å². The molecule has 26 heavy (non-hydrogen) atoms. The van der Waals surface area contributed by atoms with Crippen LogP contribution in [0.4, 0.5) is 0 Å². The quantitative estimate of drug-likeness (QED) is 0.316. The molecule has 1 radical (unpaired) electrons. The molecule has 1 aliphatic heterocycles. The molecule has 1 aromatic rings. The van der Waals surface area contributed by atoms with Crippen LogP contribution in [0.2, 0.25) is 0 Å². The average Bonchev–Trinajstić information content (AvgIpc) is 3.04. The molecule has 0 bridgehead atoms. The number of hydrogen-bond donors (Lipinski definition) is 0. The van der Waals surface area contributed by atoms with Crippen LogP contribution >= 0.6 is 0 Å². The molecule has 147 valence electrons. The van der Waals surface area contributed by atoms with Crippen LogP contribution in [0.1, 0.15) is 44.2 Å². The minimum Gasteiger partial charge on any atom is -0.454 e. The fourth-order valence-corrected chi connectivity index (χ4v) is 2.53. The van der Waals surface area contributed by atoms with Gasteiger partial charge in [0, 0.05) is 49.9 Å². The van der Waals surface area contributed by atoms with E-state index in [4.69, 9.17) is 23.7 Å². The second-order valence-corrected chi connectivity index (χ2v) is 5.86. The van der Waals surface area contributed by atoms with Gasteiger partial charge in [-0.25, -0.2) is 0 Å². The fraction of sp³-hybridized carbons (Fsp3) is 0.684. The molecule has 0 unspecified atom stereocenters. The third kappa shape index (κ3) is 9.34. The Morgan fingerprint density at radius 2 is 1.38 bits per heavy atom. The summed E-state index contributed by atoms with van der Waals surface area (Å²) in [5.74, 6) is 1.66. The first kappa shape index (κ1) is 26.1. The molecule has 0 saturated heterocycles. The van der Waals surface area contributed by atoms with Gasteiger partial charge in [0.25, 0.3) is 0 Å². The van der Waals surface area contributed by atoms with Gasteiger partial charge in [-0.2, -0.15) is 0 Å². The van der Waals surface area contributed by atoms with Crippen molar-refractivity contribution in [1.29, 1.82) is 0 Å². The first-order valence-electron chi connectivity index (χ1n) is 8.99. The number of ether oxygens (including phenoxy) is 5. The zero-order chi connectivity index (χ0) is 17.0. The molecule has 7 heteroatoms. The van der Waals surface area contributed by atoms with Gasteiger partial charge in [0.1, 0.15) is 0 Å². The number of benzene rings is 1. The van der Waals surface area contributed by atoms with Crippen LogP contribution < -0.4 is 9.47 Å². The van der Waals surface area contributed by atoms with Crippen molar-refractivity contribution in [2.75, 3.05) is 39.8 Å². The van der Waals surface area contributed by atoms with Crippen molar-refractivity contribution in [3.05, 3.63) is 23.3 Å². The van der Waals surface area contributed by atoms with Gasteiger partial charge in [-0.15, -0.1) is 0 Å². The molecule has 0 amide bonds. The Labute approximate surface area is 187 Å². The van der Waals surface area contributed by atoms with E-state index in [2.05, 4.69) is 19.9 Å². The van der Waals surface area contributed by atoms with E-state index in [1.54, 1.807) is 0 Å². The van der Waals surface area contributed by atoms with Crippen molar-refractivity contribution in [2.24, 2.45) is 0 Å². The van der Waals surface area contributed by atoms with E-state index in [0.29, 0.717) is 39.8 Å². The van der Waals surface area contributed by atoms with Crippen molar-refractivity contribution in [3.63, 3.8) is 0 Å². The molecule has 0 aliphatic carbocycles. The molecule has 0 spiro atoms. The normalized spacial score (nSPS) is 11.8. The van der Waals surface area contributed by atoms with Crippen LogP contribution in [-0.4, -0.2) is 39.8 Å². The topological polar surface area (TPSA) is 46.2 Å². The molecule has 0 aromatic heterocycles. The van der Waals surface area contributed by atoms with Crippen LogP contribution in [-0.2, 0) is 70.5 Å². The Morgan fingerprint density at radius 3 is 2.00 bits per heavy atom. The van der Waals surface area contributed by atoms with Crippen molar-refractivity contribution >= 4 is 0 Å². The number of rotatable bonds is 13. The first-order valence-corrected chi connectivity index (χ1v) is 8.99. The van der Waals surface area contributed by atoms with Crippen LogP contribution in [0, 0.1) is 0 Å². The Kier molecular flexibility index (Phi) is 16.2. The van der Waals surface area contributed by atoms with Crippen molar-refractivity contribution in [1.82, 2.24) is 0 Å². The molecular formula is C19H30MnO5Zr. The molecule has 1 aromatic carbocycles. The molecule has 1 heterocycles. The predicted molar refractivity (Wildman–Crippen MR) is 92.8 cm³/mol. The Balaban J connectivity index is 0.00000312. The summed E-state index contributed by atoms with van der Waals surface area (Å²) in [5, 5.41) is 0. The van der Waals surface area contributed by atoms with Gasteiger partial charge in [0.05, 0.1) is 33.0 Å². The number of fused-ring (bicyclic) bond motifs is 1. The molecular weight excluding hydrogens is 454 g/mol. The second kappa shape index (κ2) is 16.1. The summed E-state index contributed by atoms with van der Waals surface area (Å²) in [7, 11) is 0. The van der Waals surface area contributed by atoms with Gasteiger partial charge < -0.3 is 23.7 Å². The molecule has 0 saturated carbocycles. The van der Waals surface area contributed by atoms with Crippen molar-refractivity contribution in [3.8, 4) is 11.5 Å². The molecule has 1 aliphatic rings. The summed E-state index contributed by atoms with van der Waals surface area (Å²) >= 11 is 0. The summed E-state index contributed by atoms with van der Waals surface area (Å²) in [5.41, 5.74) is 2.44. The van der Waals surface area contributed by atoms with E-state index >= 15 is 0 Å². The Bertz CT molecular complexity index is 487. The monoisotopic (exact) mass is 483 g/mol. The second-order valence-electron chi connectivity index (χ2n) is 5.86. The average molecular weight is 485 g/mol. The fourth-order valence-electron chi connectivity index (χ4n) is 2.53. The summed E-state index contributed by atoms with van der Waals surface area (Å²) in [4.78, 5) is 0. The number of hydrogen-bond acceptors (Lipinski definition) is 5. The minimum absolute atomic E-state index is 0. The van der Waals surface area contributed by atoms with E-state index in [0.717, 1.165) is 43.8 Å². The Morgan fingerprint density at radius 1 is 0.808 bits per heavy atom. The van der Waals surface area contributed by atoms with Crippen LogP contribution in [0.25, 0.3) is 0 Å². The van der Waals surface area contributed by atoms with Crippen molar-refractivity contribution < 1.29 is 67.0 Å². The third-order valence-corrected chi connectivity index (χ3v) is 3.86. The zero-order valence-electron chi connectivity index (χ0n) is 15.9. The summed E-state index contributed by atoms with van der Waals surface area (Å²) < 4.78 is 27.6. The van der Waals surface area contributed by atoms with E-state index in [-0.39, 0.29) is 43.3 Å².